The number of aliphatic carboxylic acids is 1. The van der Waals surface area contributed by atoms with Gasteiger partial charge < -0.3 is 10.4 Å². The van der Waals surface area contributed by atoms with Crippen molar-refractivity contribution < 1.29 is 14.7 Å². The van der Waals surface area contributed by atoms with Crippen LogP contribution < -0.4 is 5.32 Å². The molecule has 3 rings (SSSR count). The molecule has 7 nitrogen and oxygen atoms in total. The van der Waals surface area contributed by atoms with Crippen LogP contribution >= 0.6 is 11.8 Å². The number of carbonyl (C=O) groups is 2. The van der Waals surface area contributed by atoms with Gasteiger partial charge in [-0.25, -0.2) is 0 Å². The van der Waals surface area contributed by atoms with E-state index in [1.165, 1.54) is 24.8 Å². The minimum absolute atomic E-state index is 0.224. The molecule has 0 saturated carbocycles. The van der Waals surface area contributed by atoms with Gasteiger partial charge in [0.25, 0.3) is 0 Å². The zero-order valence-electron chi connectivity index (χ0n) is 14.4. The minimum Gasteiger partial charge on any atom is -0.481 e. The van der Waals surface area contributed by atoms with Gasteiger partial charge in [-0.05, 0) is 37.1 Å². The van der Waals surface area contributed by atoms with Crippen molar-refractivity contribution in [3.63, 3.8) is 0 Å². The largest absolute Gasteiger partial charge is 0.481 e. The number of nitrogens with one attached hydrogen (secondary N) is 1. The quantitative estimate of drug-likeness (QED) is 0.587. The Morgan fingerprint density at radius 2 is 2.08 bits per heavy atom. The van der Waals surface area contributed by atoms with Crippen LogP contribution in [0.5, 0.6) is 0 Å². The lowest BCUT2D eigenvalue weighted by Crippen LogP contribution is -2.29. The number of hydrogen-bond acceptors (Lipinski definition) is 6. The van der Waals surface area contributed by atoms with E-state index in [0.717, 1.165) is 37.0 Å². The number of rotatable bonds is 6. The Balaban J connectivity index is 1.63. The highest BCUT2D eigenvalue weighted by Gasteiger charge is 2.32. The van der Waals surface area contributed by atoms with Crippen LogP contribution in [0, 0.1) is 0 Å². The standard InChI is InChI=1S/C18H22N4O3S/c23-16(24)10-15-17(25)20-18(26-15)21-19-11-13-6-2-3-7-14(13)12-22-8-4-1-5-9-22/h2-3,6-7,11,15H,1,4-5,8-10,12H2,(H,23,24)(H,20,21,25). The summed E-state index contributed by atoms with van der Waals surface area (Å²) >= 11 is 1.10. The third kappa shape index (κ3) is 5.15. The van der Waals surface area contributed by atoms with Crippen molar-refractivity contribution in [3.05, 3.63) is 35.4 Å². The third-order valence-electron chi connectivity index (χ3n) is 4.38. The molecule has 1 aromatic carbocycles. The summed E-state index contributed by atoms with van der Waals surface area (Å²) in [6, 6.07) is 8.07. The van der Waals surface area contributed by atoms with Crippen LogP contribution in [0.1, 0.15) is 36.8 Å². The summed E-state index contributed by atoms with van der Waals surface area (Å²) in [5.74, 6) is -1.34. The van der Waals surface area contributed by atoms with Gasteiger partial charge >= 0.3 is 5.97 Å². The molecular formula is C18H22N4O3S. The van der Waals surface area contributed by atoms with Gasteiger partial charge in [0.1, 0.15) is 5.25 Å². The molecule has 2 saturated heterocycles. The van der Waals surface area contributed by atoms with E-state index in [1.807, 2.05) is 18.2 Å². The Kier molecular flexibility index (Phi) is 6.40. The fourth-order valence-corrected chi connectivity index (χ4v) is 3.97. The molecule has 2 fully saturated rings. The van der Waals surface area contributed by atoms with E-state index in [-0.39, 0.29) is 12.3 Å². The molecule has 0 aromatic heterocycles. The minimum atomic E-state index is -1.01. The van der Waals surface area contributed by atoms with Crippen molar-refractivity contribution in [2.45, 2.75) is 37.5 Å². The summed E-state index contributed by atoms with van der Waals surface area (Å²) in [4.78, 5) is 24.9. The van der Waals surface area contributed by atoms with E-state index in [1.54, 1.807) is 6.21 Å². The fourth-order valence-electron chi connectivity index (χ4n) is 3.05. The van der Waals surface area contributed by atoms with Gasteiger partial charge in [-0.3, -0.25) is 14.5 Å². The Labute approximate surface area is 156 Å². The molecule has 8 heteroatoms. The molecule has 1 unspecified atom stereocenters. The summed E-state index contributed by atoms with van der Waals surface area (Å²) in [5.41, 5.74) is 2.20. The first-order valence-electron chi connectivity index (χ1n) is 8.72. The number of carboxylic acids is 1. The molecule has 2 N–H and O–H groups in total. The van der Waals surface area contributed by atoms with Crippen LogP contribution in [0.15, 0.2) is 34.5 Å². The Morgan fingerprint density at radius 1 is 1.31 bits per heavy atom. The number of hydrogen-bond donors (Lipinski definition) is 2. The van der Waals surface area contributed by atoms with E-state index >= 15 is 0 Å². The topological polar surface area (TPSA) is 94.4 Å². The van der Waals surface area contributed by atoms with E-state index in [0.29, 0.717) is 5.17 Å². The highest BCUT2D eigenvalue weighted by atomic mass is 32.2. The van der Waals surface area contributed by atoms with Gasteiger partial charge in [-0.2, -0.15) is 5.10 Å². The van der Waals surface area contributed by atoms with E-state index in [9.17, 15) is 9.59 Å². The van der Waals surface area contributed by atoms with Crippen molar-refractivity contribution in [1.82, 2.24) is 10.2 Å². The van der Waals surface area contributed by atoms with Crippen LogP contribution in [-0.2, 0) is 16.1 Å². The molecule has 138 valence electrons. The van der Waals surface area contributed by atoms with Crippen molar-refractivity contribution in [3.8, 4) is 0 Å². The first-order valence-corrected chi connectivity index (χ1v) is 9.60. The van der Waals surface area contributed by atoms with Gasteiger partial charge in [0, 0.05) is 6.54 Å². The third-order valence-corrected chi connectivity index (χ3v) is 5.45. The summed E-state index contributed by atoms with van der Waals surface area (Å²) in [6.07, 6.45) is 5.27. The van der Waals surface area contributed by atoms with Gasteiger partial charge in [0.05, 0.1) is 12.6 Å². The summed E-state index contributed by atoms with van der Waals surface area (Å²) in [7, 11) is 0. The van der Waals surface area contributed by atoms with Crippen molar-refractivity contribution in [2.75, 3.05) is 13.1 Å². The van der Waals surface area contributed by atoms with Crippen molar-refractivity contribution in [1.29, 1.82) is 0 Å². The van der Waals surface area contributed by atoms with Crippen LogP contribution in [0.3, 0.4) is 0 Å². The molecule has 1 atom stereocenters. The Bertz CT molecular complexity index is 729. The van der Waals surface area contributed by atoms with Crippen molar-refractivity contribution in [2.24, 2.45) is 10.2 Å². The maximum atomic E-state index is 11.7. The number of amides is 1. The Morgan fingerprint density at radius 3 is 2.85 bits per heavy atom. The average Bonchev–Trinajstić information content (AvgIpc) is 2.96. The van der Waals surface area contributed by atoms with Crippen LogP contribution in [0.25, 0.3) is 0 Å². The van der Waals surface area contributed by atoms with Gasteiger partial charge in [-0.15, -0.1) is 5.10 Å². The maximum Gasteiger partial charge on any atom is 0.305 e. The maximum absolute atomic E-state index is 11.7. The predicted molar refractivity (Wildman–Crippen MR) is 102 cm³/mol. The molecule has 26 heavy (non-hydrogen) atoms. The lowest BCUT2D eigenvalue weighted by molar-refractivity contribution is -0.138. The number of thioether (sulfide) groups is 1. The molecule has 1 aromatic rings. The van der Waals surface area contributed by atoms with E-state index < -0.39 is 11.2 Å². The first-order chi connectivity index (χ1) is 12.6. The second-order valence-electron chi connectivity index (χ2n) is 6.38. The molecule has 2 heterocycles. The monoisotopic (exact) mass is 374 g/mol. The zero-order chi connectivity index (χ0) is 18.4. The highest BCUT2D eigenvalue weighted by molar-refractivity contribution is 8.15. The predicted octanol–water partition coefficient (Wildman–Crippen LogP) is 2.07. The molecule has 0 aliphatic carbocycles. The number of amidine groups is 1. The molecule has 0 spiro atoms. The fraction of sp³-hybridized carbons (Fsp3) is 0.444. The lowest BCUT2D eigenvalue weighted by Gasteiger charge is -2.26. The van der Waals surface area contributed by atoms with E-state index in [4.69, 9.17) is 5.11 Å². The number of carbonyl (C=O) groups excluding carboxylic acids is 1. The van der Waals surface area contributed by atoms with Crippen molar-refractivity contribution >= 4 is 35.0 Å². The number of likely N-dealkylation sites (tertiary alicyclic amines) is 1. The number of carboxylic acid groups (broad SMARTS) is 1. The van der Waals surface area contributed by atoms with Gasteiger partial charge in [0.15, 0.2) is 5.17 Å². The second kappa shape index (κ2) is 8.95. The smallest absolute Gasteiger partial charge is 0.305 e. The summed E-state index contributed by atoms with van der Waals surface area (Å²) in [5, 5.41) is 19.2. The molecule has 2 aliphatic rings. The Hall–Kier alpha value is -2.19. The molecule has 1 amide bonds. The van der Waals surface area contributed by atoms with E-state index in [2.05, 4.69) is 26.5 Å². The number of piperidine rings is 1. The van der Waals surface area contributed by atoms with Crippen LogP contribution in [0.4, 0.5) is 0 Å². The lowest BCUT2D eigenvalue weighted by atomic mass is 10.1. The number of nitrogens with zero attached hydrogens (tertiary/aromatic N) is 3. The summed E-state index contributed by atoms with van der Waals surface area (Å²) < 4.78 is 0. The highest BCUT2D eigenvalue weighted by Crippen LogP contribution is 2.22. The van der Waals surface area contributed by atoms with Gasteiger partial charge in [0.2, 0.25) is 5.91 Å². The SMILES string of the molecule is O=C(O)CC1SC(=NN=Cc2ccccc2CN2CCCCC2)NC1=O. The summed E-state index contributed by atoms with van der Waals surface area (Å²) in [6.45, 7) is 3.15. The average molecular weight is 374 g/mol. The number of benzene rings is 1. The molecule has 2 aliphatic heterocycles. The zero-order valence-corrected chi connectivity index (χ0v) is 15.2. The normalized spacial score (nSPS) is 22.8. The van der Waals surface area contributed by atoms with Gasteiger partial charge in [-0.1, -0.05) is 42.4 Å². The molecular weight excluding hydrogens is 352 g/mol. The first kappa shape index (κ1) is 18.6. The molecule has 0 radical (unpaired) electrons. The van der Waals surface area contributed by atoms with Crippen LogP contribution in [0.2, 0.25) is 0 Å². The second-order valence-corrected chi connectivity index (χ2v) is 7.57. The molecule has 0 bridgehead atoms. The van der Waals surface area contributed by atoms with Crippen LogP contribution in [-0.4, -0.2) is 51.6 Å².